The van der Waals surface area contributed by atoms with Crippen LogP contribution >= 0.6 is 0 Å². The maximum absolute atomic E-state index is 4.04. The fourth-order valence-electron chi connectivity index (χ4n) is 0.960. The Kier molecular flexibility index (Phi) is 0.918. The van der Waals surface area contributed by atoms with Crippen molar-refractivity contribution in [1.29, 1.82) is 0 Å². The number of rotatable bonds is 1. The highest BCUT2D eigenvalue weighted by Gasteiger charge is 2.08. The second-order valence-corrected chi connectivity index (χ2v) is 2.23. The minimum absolute atomic E-state index is 1.11. The van der Waals surface area contributed by atoms with E-state index in [1.165, 1.54) is 18.4 Å². The van der Waals surface area contributed by atoms with Crippen LogP contribution in [0.15, 0.2) is 18.3 Å². The predicted octanol–water partition coefficient (Wildman–Crippen LogP) is 1.59. The van der Waals surface area contributed by atoms with Crippen molar-refractivity contribution in [2.45, 2.75) is 12.8 Å². The first-order valence-corrected chi connectivity index (χ1v) is 3.16. The van der Waals surface area contributed by atoms with Crippen molar-refractivity contribution in [3.05, 3.63) is 24.0 Å². The lowest BCUT2D eigenvalue weighted by atomic mass is 9.96. The first kappa shape index (κ1) is 4.79. The summed E-state index contributed by atoms with van der Waals surface area (Å²) in [7, 11) is 0. The molecule has 0 spiro atoms. The molecule has 1 N–H and O–H groups in total. The molecule has 46 valence electrons. The summed E-state index contributed by atoms with van der Waals surface area (Å²) in [4.78, 5) is 0. The van der Waals surface area contributed by atoms with Gasteiger partial charge in [0.25, 0.3) is 0 Å². The lowest BCUT2D eigenvalue weighted by Crippen LogP contribution is -1.92. The standard InChI is InChI=1S/C7H8N2/c1-2-6(3-1)7-4-5-8-9-7/h2,4-5H,1,3H2,(H,8,9). The van der Waals surface area contributed by atoms with Crippen LogP contribution in [0.2, 0.25) is 0 Å². The van der Waals surface area contributed by atoms with Gasteiger partial charge in [-0.1, -0.05) is 6.08 Å². The van der Waals surface area contributed by atoms with Crippen LogP contribution in [-0.4, -0.2) is 10.2 Å². The molecule has 1 aromatic rings. The van der Waals surface area contributed by atoms with Crippen molar-refractivity contribution in [2.75, 3.05) is 0 Å². The van der Waals surface area contributed by atoms with Crippen molar-refractivity contribution >= 4 is 5.57 Å². The summed E-state index contributed by atoms with van der Waals surface area (Å²) in [6.45, 7) is 0. The summed E-state index contributed by atoms with van der Waals surface area (Å²) >= 11 is 0. The van der Waals surface area contributed by atoms with E-state index in [-0.39, 0.29) is 0 Å². The molecule has 9 heavy (non-hydrogen) atoms. The van der Waals surface area contributed by atoms with Crippen LogP contribution in [0, 0.1) is 0 Å². The Hall–Kier alpha value is -1.05. The Morgan fingerprint density at radius 2 is 2.44 bits per heavy atom. The average Bonchev–Trinajstić information content (AvgIpc) is 2.11. The average molecular weight is 120 g/mol. The van der Waals surface area contributed by atoms with Crippen molar-refractivity contribution in [1.82, 2.24) is 10.2 Å². The SMILES string of the molecule is C1=C(c2cc[nH]n2)CC1. The molecular weight excluding hydrogens is 112 g/mol. The van der Waals surface area contributed by atoms with Crippen LogP contribution in [-0.2, 0) is 0 Å². The van der Waals surface area contributed by atoms with Gasteiger partial charge in [0.2, 0.25) is 0 Å². The number of H-pyrrole nitrogens is 1. The number of hydrogen-bond donors (Lipinski definition) is 1. The Morgan fingerprint density at radius 3 is 2.89 bits per heavy atom. The summed E-state index contributed by atoms with van der Waals surface area (Å²) in [5.41, 5.74) is 2.50. The maximum atomic E-state index is 4.04. The number of nitrogens with one attached hydrogen (secondary N) is 1. The third-order valence-electron chi connectivity index (χ3n) is 1.63. The van der Waals surface area contributed by atoms with E-state index in [1.807, 2.05) is 12.3 Å². The molecule has 1 aromatic heterocycles. The van der Waals surface area contributed by atoms with Crippen LogP contribution < -0.4 is 0 Å². The molecule has 0 aromatic carbocycles. The summed E-state index contributed by atoms with van der Waals surface area (Å²) in [6.07, 6.45) is 6.50. The summed E-state index contributed by atoms with van der Waals surface area (Å²) < 4.78 is 0. The molecule has 0 saturated carbocycles. The fourth-order valence-corrected chi connectivity index (χ4v) is 0.960. The number of allylic oxidation sites excluding steroid dienone is 2. The van der Waals surface area contributed by atoms with Gasteiger partial charge in [0.05, 0.1) is 5.69 Å². The summed E-state index contributed by atoms with van der Waals surface area (Å²) in [6, 6.07) is 2.00. The molecule has 1 aliphatic carbocycles. The quantitative estimate of drug-likeness (QED) is 0.599. The topological polar surface area (TPSA) is 28.7 Å². The second-order valence-electron chi connectivity index (χ2n) is 2.23. The molecule has 2 rings (SSSR count). The molecule has 1 aliphatic rings. The first-order valence-electron chi connectivity index (χ1n) is 3.16. The van der Waals surface area contributed by atoms with E-state index < -0.39 is 0 Å². The Balaban J connectivity index is 2.34. The van der Waals surface area contributed by atoms with Gasteiger partial charge in [-0.25, -0.2) is 0 Å². The van der Waals surface area contributed by atoms with Crippen LogP contribution in [0.25, 0.3) is 5.57 Å². The molecule has 1 heterocycles. The third kappa shape index (κ3) is 0.669. The van der Waals surface area contributed by atoms with Crippen molar-refractivity contribution in [3.63, 3.8) is 0 Å². The lowest BCUT2D eigenvalue weighted by molar-refractivity contribution is 0.960. The molecule has 0 radical (unpaired) electrons. The molecule has 2 heteroatoms. The van der Waals surface area contributed by atoms with E-state index in [9.17, 15) is 0 Å². The molecule has 0 amide bonds. The Morgan fingerprint density at radius 1 is 1.56 bits per heavy atom. The van der Waals surface area contributed by atoms with Crippen molar-refractivity contribution in [2.24, 2.45) is 0 Å². The highest BCUT2D eigenvalue weighted by molar-refractivity contribution is 5.66. The third-order valence-corrected chi connectivity index (χ3v) is 1.63. The number of aromatic nitrogens is 2. The molecule has 0 atom stereocenters. The zero-order chi connectivity index (χ0) is 6.10. The van der Waals surface area contributed by atoms with Gasteiger partial charge in [-0.15, -0.1) is 0 Å². The van der Waals surface area contributed by atoms with E-state index in [1.54, 1.807) is 0 Å². The normalized spacial score (nSPS) is 16.7. The maximum Gasteiger partial charge on any atom is 0.0877 e. The van der Waals surface area contributed by atoms with Gasteiger partial charge in [0.15, 0.2) is 0 Å². The zero-order valence-corrected chi connectivity index (χ0v) is 5.09. The number of hydrogen-bond acceptors (Lipinski definition) is 1. The van der Waals surface area contributed by atoms with Gasteiger partial charge in [-0.3, -0.25) is 5.10 Å². The van der Waals surface area contributed by atoms with Crippen LogP contribution in [0.1, 0.15) is 18.5 Å². The molecular formula is C7H8N2. The van der Waals surface area contributed by atoms with E-state index in [0.29, 0.717) is 0 Å². The molecule has 0 saturated heterocycles. The number of aromatic amines is 1. The highest BCUT2D eigenvalue weighted by atomic mass is 15.1. The van der Waals surface area contributed by atoms with Gasteiger partial charge in [-0.05, 0) is 24.5 Å². The van der Waals surface area contributed by atoms with Crippen LogP contribution in [0.3, 0.4) is 0 Å². The largest absolute Gasteiger partial charge is 0.285 e. The van der Waals surface area contributed by atoms with Crippen molar-refractivity contribution < 1.29 is 0 Å². The van der Waals surface area contributed by atoms with Crippen LogP contribution in [0.5, 0.6) is 0 Å². The highest BCUT2D eigenvalue weighted by Crippen LogP contribution is 2.26. The Labute approximate surface area is 53.6 Å². The first-order chi connectivity index (χ1) is 4.47. The smallest absolute Gasteiger partial charge is 0.0877 e. The molecule has 0 unspecified atom stereocenters. The summed E-state index contributed by atoms with van der Waals surface area (Å²) in [5.74, 6) is 0. The molecule has 2 nitrogen and oxygen atoms in total. The van der Waals surface area contributed by atoms with E-state index in [0.717, 1.165) is 5.69 Å². The van der Waals surface area contributed by atoms with E-state index >= 15 is 0 Å². The van der Waals surface area contributed by atoms with Gasteiger partial charge < -0.3 is 0 Å². The zero-order valence-electron chi connectivity index (χ0n) is 5.09. The van der Waals surface area contributed by atoms with Crippen molar-refractivity contribution in [3.8, 4) is 0 Å². The van der Waals surface area contributed by atoms with E-state index in [4.69, 9.17) is 0 Å². The molecule has 0 fully saturated rings. The predicted molar refractivity (Wildman–Crippen MR) is 35.8 cm³/mol. The molecule has 0 bridgehead atoms. The lowest BCUT2D eigenvalue weighted by Gasteiger charge is -2.09. The Bertz CT molecular complexity index is 221. The molecule has 0 aliphatic heterocycles. The van der Waals surface area contributed by atoms with E-state index in [2.05, 4.69) is 16.3 Å². The minimum atomic E-state index is 1.11. The van der Waals surface area contributed by atoms with Gasteiger partial charge in [0, 0.05) is 6.20 Å². The number of nitrogens with zero attached hydrogens (tertiary/aromatic N) is 1. The van der Waals surface area contributed by atoms with Gasteiger partial charge in [-0.2, -0.15) is 5.10 Å². The monoisotopic (exact) mass is 120 g/mol. The van der Waals surface area contributed by atoms with Crippen LogP contribution in [0.4, 0.5) is 0 Å². The van der Waals surface area contributed by atoms with Gasteiger partial charge >= 0.3 is 0 Å². The fraction of sp³-hybridized carbons (Fsp3) is 0.286. The van der Waals surface area contributed by atoms with Gasteiger partial charge in [0.1, 0.15) is 0 Å². The summed E-state index contributed by atoms with van der Waals surface area (Å²) in [5, 5.41) is 6.83. The minimum Gasteiger partial charge on any atom is -0.285 e. The second kappa shape index (κ2) is 1.72.